The van der Waals surface area contributed by atoms with Crippen LogP contribution >= 0.6 is 0 Å². The van der Waals surface area contributed by atoms with Gasteiger partial charge in [-0.05, 0) is 26.2 Å². The van der Waals surface area contributed by atoms with Crippen molar-refractivity contribution >= 4 is 5.95 Å². The molecule has 1 aromatic heterocycles. The lowest BCUT2D eigenvalue weighted by Gasteiger charge is -2.31. The highest BCUT2D eigenvalue weighted by Crippen LogP contribution is 2.19. The minimum atomic E-state index is 0.306. The standard InChI is InChI=1S/C12H22N4/c1-3-11-9-15(4-2)12(14-11)16-7-5-6-10(13)8-16/h9-10H,3-8,13H2,1-2H3. The third-order valence-corrected chi connectivity index (χ3v) is 3.25. The van der Waals surface area contributed by atoms with E-state index in [0.29, 0.717) is 6.04 Å². The Balaban J connectivity index is 2.20. The van der Waals surface area contributed by atoms with Crippen LogP contribution in [0.1, 0.15) is 32.4 Å². The highest BCUT2D eigenvalue weighted by Gasteiger charge is 2.20. The molecule has 0 aromatic carbocycles. The van der Waals surface area contributed by atoms with Gasteiger partial charge in [-0.25, -0.2) is 4.98 Å². The van der Waals surface area contributed by atoms with E-state index in [1.807, 2.05) is 0 Å². The predicted molar refractivity (Wildman–Crippen MR) is 66.7 cm³/mol. The van der Waals surface area contributed by atoms with Gasteiger partial charge in [0.2, 0.25) is 5.95 Å². The molecular weight excluding hydrogens is 200 g/mol. The monoisotopic (exact) mass is 222 g/mol. The van der Waals surface area contributed by atoms with Crippen molar-refractivity contribution in [3.05, 3.63) is 11.9 Å². The molecule has 1 fully saturated rings. The van der Waals surface area contributed by atoms with E-state index in [1.54, 1.807) is 0 Å². The van der Waals surface area contributed by atoms with Gasteiger partial charge in [-0.3, -0.25) is 0 Å². The molecule has 16 heavy (non-hydrogen) atoms. The lowest BCUT2D eigenvalue weighted by molar-refractivity contribution is 0.493. The average molecular weight is 222 g/mol. The Labute approximate surface area is 97.4 Å². The molecule has 4 nitrogen and oxygen atoms in total. The summed E-state index contributed by atoms with van der Waals surface area (Å²) in [6.07, 6.45) is 5.48. The average Bonchev–Trinajstić information content (AvgIpc) is 2.72. The first kappa shape index (κ1) is 11.5. The first-order valence-electron chi connectivity index (χ1n) is 6.31. The van der Waals surface area contributed by atoms with E-state index >= 15 is 0 Å². The van der Waals surface area contributed by atoms with E-state index in [1.165, 1.54) is 12.1 Å². The summed E-state index contributed by atoms with van der Waals surface area (Å²) in [7, 11) is 0. The van der Waals surface area contributed by atoms with Crippen LogP contribution in [0.4, 0.5) is 5.95 Å². The van der Waals surface area contributed by atoms with Gasteiger partial charge in [0.05, 0.1) is 5.69 Å². The van der Waals surface area contributed by atoms with E-state index in [2.05, 4.69) is 29.5 Å². The van der Waals surface area contributed by atoms with Gasteiger partial charge in [-0.2, -0.15) is 0 Å². The fourth-order valence-corrected chi connectivity index (χ4v) is 2.31. The topological polar surface area (TPSA) is 47.1 Å². The summed E-state index contributed by atoms with van der Waals surface area (Å²) in [5.41, 5.74) is 7.19. The van der Waals surface area contributed by atoms with Crippen LogP contribution in [0.3, 0.4) is 0 Å². The number of anilines is 1. The predicted octanol–water partition coefficient (Wildman–Crippen LogP) is 1.39. The zero-order valence-electron chi connectivity index (χ0n) is 10.3. The van der Waals surface area contributed by atoms with Crippen molar-refractivity contribution in [3.8, 4) is 0 Å². The van der Waals surface area contributed by atoms with E-state index in [4.69, 9.17) is 10.7 Å². The summed E-state index contributed by atoms with van der Waals surface area (Å²) < 4.78 is 2.23. The van der Waals surface area contributed by atoms with Crippen LogP contribution in [0.2, 0.25) is 0 Å². The zero-order chi connectivity index (χ0) is 11.5. The van der Waals surface area contributed by atoms with Gasteiger partial charge in [0.25, 0.3) is 0 Å². The maximum atomic E-state index is 6.01. The fourth-order valence-electron chi connectivity index (χ4n) is 2.31. The van der Waals surface area contributed by atoms with Gasteiger partial charge in [-0.1, -0.05) is 6.92 Å². The Morgan fingerprint density at radius 2 is 2.31 bits per heavy atom. The lowest BCUT2D eigenvalue weighted by Crippen LogP contribution is -2.43. The largest absolute Gasteiger partial charge is 0.341 e. The van der Waals surface area contributed by atoms with Crippen LogP contribution < -0.4 is 10.6 Å². The van der Waals surface area contributed by atoms with Crippen molar-refractivity contribution in [2.45, 2.75) is 45.7 Å². The molecule has 1 aliphatic heterocycles. The molecule has 0 bridgehead atoms. The molecule has 1 aromatic rings. The molecule has 0 amide bonds. The van der Waals surface area contributed by atoms with E-state index < -0.39 is 0 Å². The quantitative estimate of drug-likeness (QED) is 0.840. The molecule has 0 saturated carbocycles. The van der Waals surface area contributed by atoms with Crippen molar-refractivity contribution in [2.75, 3.05) is 18.0 Å². The van der Waals surface area contributed by atoms with Crippen LogP contribution in [0, 0.1) is 0 Å². The number of aromatic nitrogens is 2. The summed E-state index contributed by atoms with van der Waals surface area (Å²) in [6, 6.07) is 0.306. The van der Waals surface area contributed by atoms with Crippen LogP contribution in [0.25, 0.3) is 0 Å². The highest BCUT2D eigenvalue weighted by molar-refractivity contribution is 5.34. The second-order valence-electron chi connectivity index (χ2n) is 4.52. The number of imidazole rings is 1. The van der Waals surface area contributed by atoms with Crippen molar-refractivity contribution in [3.63, 3.8) is 0 Å². The Hall–Kier alpha value is -1.03. The molecule has 90 valence electrons. The van der Waals surface area contributed by atoms with Gasteiger partial charge >= 0.3 is 0 Å². The molecule has 1 unspecified atom stereocenters. The van der Waals surface area contributed by atoms with Gasteiger partial charge in [0.15, 0.2) is 0 Å². The van der Waals surface area contributed by atoms with Crippen molar-refractivity contribution < 1.29 is 0 Å². The SMILES string of the molecule is CCc1cn(CC)c(N2CCCC(N)C2)n1. The Morgan fingerprint density at radius 3 is 2.94 bits per heavy atom. The van der Waals surface area contributed by atoms with Gasteiger partial charge in [-0.15, -0.1) is 0 Å². The minimum Gasteiger partial charge on any atom is -0.341 e. The van der Waals surface area contributed by atoms with Crippen LogP contribution in [-0.4, -0.2) is 28.7 Å². The van der Waals surface area contributed by atoms with Crippen molar-refractivity contribution in [1.29, 1.82) is 0 Å². The number of aryl methyl sites for hydroxylation is 2. The van der Waals surface area contributed by atoms with Crippen LogP contribution in [-0.2, 0) is 13.0 Å². The molecule has 2 rings (SSSR count). The first-order valence-corrected chi connectivity index (χ1v) is 6.31. The first-order chi connectivity index (χ1) is 7.74. The molecule has 0 radical (unpaired) electrons. The Bertz CT molecular complexity index is 345. The Kier molecular flexibility index (Phi) is 3.49. The lowest BCUT2D eigenvalue weighted by atomic mass is 10.1. The molecule has 0 aliphatic carbocycles. The number of nitrogens with two attached hydrogens (primary N) is 1. The number of hydrogen-bond acceptors (Lipinski definition) is 3. The number of hydrogen-bond donors (Lipinski definition) is 1. The summed E-state index contributed by atoms with van der Waals surface area (Å²) in [5.74, 6) is 1.11. The molecule has 2 N–H and O–H groups in total. The van der Waals surface area contributed by atoms with Crippen LogP contribution in [0.5, 0.6) is 0 Å². The summed E-state index contributed by atoms with van der Waals surface area (Å²) in [6.45, 7) is 7.32. The summed E-state index contributed by atoms with van der Waals surface area (Å²) in [5, 5.41) is 0. The highest BCUT2D eigenvalue weighted by atomic mass is 15.3. The summed E-state index contributed by atoms with van der Waals surface area (Å²) >= 11 is 0. The number of piperidine rings is 1. The van der Waals surface area contributed by atoms with E-state index in [-0.39, 0.29) is 0 Å². The normalized spacial score (nSPS) is 21.4. The molecule has 1 aliphatic rings. The van der Waals surface area contributed by atoms with Crippen molar-refractivity contribution in [1.82, 2.24) is 9.55 Å². The molecule has 1 saturated heterocycles. The van der Waals surface area contributed by atoms with Gasteiger partial charge < -0.3 is 15.2 Å². The maximum Gasteiger partial charge on any atom is 0.205 e. The third-order valence-electron chi connectivity index (χ3n) is 3.25. The zero-order valence-corrected chi connectivity index (χ0v) is 10.3. The second-order valence-corrected chi connectivity index (χ2v) is 4.52. The van der Waals surface area contributed by atoms with E-state index in [9.17, 15) is 0 Å². The molecular formula is C12H22N4. The van der Waals surface area contributed by atoms with Gasteiger partial charge in [0, 0.05) is 31.9 Å². The third kappa shape index (κ3) is 2.21. The number of nitrogens with zero attached hydrogens (tertiary/aromatic N) is 3. The molecule has 4 heteroatoms. The molecule has 0 spiro atoms. The number of rotatable bonds is 3. The Morgan fingerprint density at radius 1 is 1.50 bits per heavy atom. The van der Waals surface area contributed by atoms with Crippen molar-refractivity contribution in [2.24, 2.45) is 5.73 Å². The van der Waals surface area contributed by atoms with E-state index in [0.717, 1.165) is 38.4 Å². The smallest absolute Gasteiger partial charge is 0.205 e. The van der Waals surface area contributed by atoms with Gasteiger partial charge in [0.1, 0.15) is 0 Å². The summed E-state index contributed by atoms with van der Waals surface area (Å²) in [4.78, 5) is 7.02. The molecule has 2 heterocycles. The minimum absolute atomic E-state index is 0.306. The van der Waals surface area contributed by atoms with Crippen LogP contribution in [0.15, 0.2) is 6.20 Å². The fraction of sp³-hybridized carbons (Fsp3) is 0.750. The second kappa shape index (κ2) is 4.87. The molecule has 1 atom stereocenters. The maximum absolute atomic E-state index is 6.01.